The Kier molecular flexibility index (Phi) is 5.89. The second-order valence-corrected chi connectivity index (χ2v) is 3.54. The highest BCUT2D eigenvalue weighted by molar-refractivity contribution is 5.78. The zero-order valence-corrected chi connectivity index (χ0v) is 9.40. The molecule has 0 aromatic heterocycles. The van der Waals surface area contributed by atoms with E-state index in [1.54, 1.807) is 12.2 Å². The molecule has 0 aliphatic rings. The minimum atomic E-state index is -1.50. The highest BCUT2D eigenvalue weighted by atomic mass is 16.5. The number of esters is 1. The maximum atomic E-state index is 11.2. The fraction of sp³-hybridized carbons (Fsp3) is 0.545. The molecule has 0 saturated carbocycles. The van der Waals surface area contributed by atoms with Crippen LogP contribution in [0.15, 0.2) is 25.3 Å². The van der Waals surface area contributed by atoms with Crippen molar-refractivity contribution in [1.82, 2.24) is 4.90 Å². The number of ether oxygens (including phenoxy) is 1. The Morgan fingerprint density at radius 1 is 1.47 bits per heavy atom. The number of hydrogen-bond donors (Lipinski definition) is 1. The van der Waals surface area contributed by atoms with Gasteiger partial charge in [-0.1, -0.05) is 12.2 Å². The van der Waals surface area contributed by atoms with Crippen molar-refractivity contribution in [2.24, 2.45) is 0 Å². The van der Waals surface area contributed by atoms with Crippen LogP contribution in [0.25, 0.3) is 0 Å². The van der Waals surface area contributed by atoms with Gasteiger partial charge in [-0.05, 0) is 6.92 Å². The van der Waals surface area contributed by atoms with E-state index in [4.69, 9.17) is 0 Å². The predicted molar refractivity (Wildman–Crippen MR) is 59.5 cm³/mol. The second kappa shape index (κ2) is 6.37. The fourth-order valence-electron chi connectivity index (χ4n) is 1.29. The van der Waals surface area contributed by atoms with Gasteiger partial charge in [0.15, 0.2) is 5.60 Å². The van der Waals surface area contributed by atoms with Crippen molar-refractivity contribution in [3.63, 3.8) is 0 Å². The summed E-state index contributed by atoms with van der Waals surface area (Å²) in [5, 5.41) is 9.82. The first-order valence-corrected chi connectivity index (χ1v) is 4.73. The smallest absolute Gasteiger partial charge is 0.338 e. The van der Waals surface area contributed by atoms with E-state index in [-0.39, 0.29) is 6.54 Å². The van der Waals surface area contributed by atoms with Gasteiger partial charge in [-0.2, -0.15) is 0 Å². The van der Waals surface area contributed by atoms with Gasteiger partial charge in [-0.3, -0.25) is 4.90 Å². The van der Waals surface area contributed by atoms with Crippen molar-refractivity contribution >= 4 is 5.97 Å². The van der Waals surface area contributed by atoms with Crippen LogP contribution in [0.3, 0.4) is 0 Å². The van der Waals surface area contributed by atoms with Crippen LogP contribution in [-0.2, 0) is 9.53 Å². The molecule has 0 bridgehead atoms. The van der Waals surface area contributed by atoms with E-state index in [0.29, 0.717) is 13.1 Å². The molecule has 0 fully saturated rings. The van der Waals surface area contributed by atoms with Crippen LogP contribution in [-0.4, -0.2) is 48.3 Å². The average molecular weight is 213 g/mol. The van der Waals surface area contributed by atoms with Crippen molar-refractivity contribution in [2.45, 2.75) is 12.5 Å². The largest absolute Gasteiger partial charge is 0.467 e. The lowest BCUT2D eigenvalue weighted by molar-refractivity contribution is -0.162. The van der Waals surface area contributed by atoms with Crippen LogP contribution in [0.4, 0.5) is 0 Å². The van der Waals surface area contributed by atoms with Gasteiger partial charge in [0.1, 0.15) is 0 Å². The fourth-order valence-corrected chi connectivity index (χ4v) is 1.29. The first-order valence-electron chi connectivity index (χ1n) is 4.73. The summed E-state index contributed by atoms with van der Waals surface area (Å²) in [4.78, 5) is 13.1. The molecule has 15 heavy (non-hydrogen) atoms. The summed E-state index contributed by atoms with van der Waals surface area (Å²) >= 11 is 0. The van der Waals surface area contributed by atoms with Crippen molar-refractivity contribution in [2.75, 3.05) is 26.7 Å². The third kappa shape index (κ3) is 4.76. The minimum absolute atomic E-state index is 0.192. The summed E-state index contributed by atoms with van der Waals surface area (Å²) < 4.78 is 4.50. The second-order valence-electron chi connectivity index (χ2n) is 3.54. The number of hydrogen-bond acceptors (Lipinski definition) is 4. The summed E-state index contributed by atoms with van der Waals surface area (Å²) in [7, 11) is 1.25. The maximum Gasteiger partial charge on any atom is 0.338 e. The normalized spacial score (nSPS) is 14.4. The van der Waals surface area contributed by atoms with E-state index < -0.39 is 11.6 Å². The molecular weight excluding hydrogens is 194 g/mol. The molecule has 4 nitrogen and oxygen atoms in total. The highest BCUT2D eigenvalue weighted by Crippen LogP contribution is 2.08. The molecule has 0 aromatic rings. The number of carbonyl (C=O) groups excluding carboxylic acids is 1. The van der Waals surface area contributed by atoms with Gasteiger partial charge in [0, 0.05) is 19.6 Å². The summed E-state index contributed by atoms with van der Waals surface area (Å²) in [6.07, 6.45) is 3.41. The third-order valence-corrected chi connectivity index (χ3v) is 1.93. The number of rotatable bonds is 7. The molecule has 4 heteroatoms. The number of methoxy groups -OCH3 is 1. The highest BCUT2D eigenvalue weighted by Gasteiger charge is 2.33. The van der Waals surface area contributed by atoms with Gasteiger partial charge in [-0.15, -0.1) is 13.2 Å². The average Bonchev–Trinajstić information content (AvgIpc) is 2.16. The molecule has 0 spiro atoms. The van der Waals surface area contributed by atoms with Crippen LogP contribution in [0.5, 0.6) is 0 Å². The molecule has 0 aliphatic carbocycles. The van der Waals surface area contributed by atoms with Crippen LogP contribution in [0, 0.1) is 0 Å². The number of aliphatic hydroxyl groups is 1. The summed E-state index contributed by atoms with van der Waals surface area (Å²) in [5.41, 5.74) is -1.50. The first-order chi connectivity index (χ1) is 6.97. The van der Waals surface area contributed by atoms with Gasteiger partial charge in [-0.25, -0.2) is 4.79 Å². The molecule has 1 N–H and O–H groups in total. The molecule has 0 aliphatic heterocycles. The SMILES string of the molecule is C=CCN(CC=C)CC(C)(O)C(=O)OC. The molecule has 0 aromatic carbocycles. The molecular formula is C11H19NO3. The monoisotopic (exact) mass is 213 g/mol. The summed E-state index contributed by atoms with van der Waals surface area (Å²) in [6.45, 7) is 9.99. The Morgan fingerprint density at radius 2 is 1.93 bits per heavy atom. The topological polar surface area (TPSA) is 49.8 Å². The first kappa shape index (κ1) is 13.9. The Bertz CT molecular complexity index is 226. The maximum absolute atomic E-state index is 11.2. The van der Waals surface area contributed by atoms with E-state index >= 15 is 0 Å². The lowest BCUT2D eigenvalue weighted by atomic mass is 10.1. The van der Waals surface area contributed by atoms with E-state index in [1.165, 1.54) is 14.0 Å². The van der Waals surface area contributed by atoms with Gasteiger partial charge in [0.25, 0.3) is 0 Å². The van der Waals surface area contributed by atoms with Gasteiger partial charge >= 0.3 is 5.97 Å². The van der Waals surface area contributed by atoms with Crippen LogP contribution < -0.4 is 0 Å². The summed E-state index contributed by atoms with van der Waals surface area (Å²) in [6, 6.07) is 0. The van der Waals surface area contributed by atoms with E-state index in [2.05, 4.69) is 17.9 Å². The lowest BCUT2D eigenvalue weighted by Crippen LogP contribution is -2.47. The van der Waals surface area contributed by atoms with Gasteiger partial charge in [0.05, 0.1) is 7.11 Å². The van der Waals surface area contributed by atoms with Crippen LogP contribution >= 0.6 is 0 Å². The Balaban J connectivity index is 4.42. The molecule has 0 radical (unpaired) electrons. The van der Waals surface area contributed by atoms with Crippen LogP contribution in [0.1, 0.15) is 6.92 Å². The van der Waals surface area contributed by atoms with Crippen LogP contribution in [0.2, 0.25) is 0 Å². The van der Waals surface area contributed by atoms with Crippen molar-refractivity contribution in [3.05, 3.63) is 25.3 Å². The van der Waals surface area contributed by atoms with Gasteiger partial charge in [0.2, 0.25) is 0 Å². The Labute approximate surface area is 90.8 Å². The molecule has 86 valence electrons. The molecule has 1 unspecified atom stereocenters. The molecule has 0 rings (SSSR count). The number of nitrogens with zero attached hydrogens (tertiary/aromatic N) is 1. The molecule has 0 amide bonds. The molecule has 0 heterocycles. The van der Waals surface area contributed by atoms with Crippen molar-refractivity contribution in [3.8, 4) is 0 Å². The predicted octanol–water partition coefficient (Wildman–Crippen LogP) is 0.584. The Morgan fingerprint density at radius 3 is 2.27 bits per heavy atom. The van der Waals surface area contributed by atoms with Gasteiger partial charge < -0.3 is 9.84 Å². The van der Waals surface area contributed by atoms with Crippen molar-refractivity contribution in [1.29, 1.82) is 0 Å². The van der Waals surface area contributed by atoms with E-state index in [9.17, 15) is 9.90 Å². The summed E-state index contributed by atoms with van der Waals surface area (Å²) in [5.74, 6) is -0.638. The Hall–Kier alpha value is -1.13. The van der Waals surface area contributed by atoms with E-state index in [1.807, 2.05) is 4.90 Å². The molecule has 1 atom stereocenters. The zero-order chi connectivity index (χ0) is 11.9. The zero-order valence-electron chi connectivity index (χ0n) is 9.40. The lowest BCUT2D eigenvalue weighted by Gasteiger charge is -2.27. The quantitative estimate of drug-likeness (QED) is 0.496. The minimum Gasteiger partial charge on any atom is -0.467 e. The van der Waals surface area contributed by atoms with Crippen molar-refractivity contribution < 1.29 is 14.6 Å². The molecule has 0 saturated heterocycles. The standard InChI is InChI=1S/C11H19NO3/c1-5-7-12(8-6-2)9-11(3,14)10(13)15-4/h5-6,14H,1-2,7-9H2,3-4H3. The van der Waals surface area contributed by atoms with E-state index in [0.717, 1.165) is 0 Å². The number of carbonyl (C=O) groups is 1. The third-order valence-electron chi connectivity index (χ3n) is 1.93.